The molecule has 0 bridgehead atoms. The normalized spacial score (nSPS) is 15.8. The zero-order valence-corrected chi connectivity index (χ0v) is 17.0. The summed E-state index contributed by atoms with van der Waals surface area (Å²) >= 11 is 0. The summed E-state index contributed by atoms with van der Waals surface area (Å²) in [5, 5.41) is 2.87. The van der Waals surface area contributed by atoms with E-state index in [-0.39, 0.29) is 23.8 Å². The second kappa shape index (κ2) is 9.07. The van der Waals surface area contributed by atoms with Gasteiger partial charge >= 0.3 is 6.03 Å². The zero-order valence-electron chi connectivity index (χ0n) is 17.0. The van der Waals surface area contributed by atoms with Crippen molar-refractivity contribution in [1.82, 2.24) is 15.2 Å². The second-order valence-electron chi connectivity index (χ2n) is 7.68. The molecule has 31 heavy (non-hydrogen) atoms. The number of carbonyl (C=O) groups is 3. The molecule has 4 rings (SSSR count). The Bertz CT molecular complexity index is 1020. The largest absolute Gasteiger partial charge is 0.352 e. The molecule has 2 heterocycles. The topological polar surface area (TPSA) is 82.6 Å². The smallest absolute Gasteiger partial charge is 0.337 e. The Morgan fingerprint density at radius 2 is 1.97 bits per heavy atom. The van der Waals surface area contributed by atoms with Crippen molar-refractivity contribution in [1.29, 1.82) is 0 Å². The fraction of sp³-hybridized carbons (Fsp3) is 0.304. The molecule has 2 aliphatic rings. The molecule has 160 valence electrons. The average Bonchev–Trinajstić information content (AvgIpc) is 3.61. The van der Waals surface area contributed by atoms with Gasteiger partial charge in [0.2, 0.25) is 0 Å². The number of benzene rings is 1. The summed E-state index contributed by atoms with van der Waals surface area (Å²) in [6.45, 7) is 0.654. The van der Waals surface area contributed by atoms with Crippen molar-refractivity contribution in [2.24, 2.45) is 5.92 Å². The van der Waals surface area contributed by atoms with Crippen LogP contribution in [0.5, 0.6) is 0 Å². The van der Waals surface area contributed by atoms with E-state index in [1.165, 1.54) is 54.4 Å². The number of pyridine rings is 1. The van der Waals surface area contributed by atoms with Crippen LogP contribution in [0.15, 0.2) is 54.9 Å². The molecular formula is C23H23FN4O3. The lowest BCUT2D eigenvalue weighted by atomic mass is 10.2. The van der Waals surface area contributed by atoms with Crippen LogP contribution in [0.3, 0.4) is 0 Å². The fourth-order valence-corrected chi connectivity index (χ4v) is 3.42. The number of hydrogen-bond acceptors (Lipinski definition) is 4. The molecule has 0 unspecified atom stereocenters. The molecule has 1 aliphatic heterocycles. The summed E-state index contributed by atoms with van der Waals surface area (Å²) in [5.41, 5.74) is 0.218. The first kappa shape index (κ1) is 20.7. The molecule has 8 heteroatoms. The van der Waals surface area contributed by atoms with E-state index in [9.17, 15) is 18.8 Å². The molecule has 4 amide bonds. The highest BCUT2D eigenvalue weighted by Gasteiger charge is 2.31. The minimum Gasteiger partial charge on any atom is -0.352 e. The van der Waals surface area contributed by atoms with Gasteiger partial charge in [0.05, 0.1) is 17.7 Å². The van der Waals surface area contributed by atoms with Gasteiger partial charge in [0.25, 0.3) is 11.8 Å². The number of urea groups is 1. The Morgan fingerprint density at radius 3 is 2.68 bits per heavy atom. The molecule has 1 aromatic carbocycles. The molecule has 0 spiro atoms. The first-order valence-corrected chi connectivity index (χ1v) is 10.3. The molecular weight excluding hydrogens is 399 g/mol. The number of carbonyl (C=O) groups excluding carboxylic acids is 3. The van der Waals surface area contributed by atoms with Gasteiger partial charge in [-0.15, -0.1) is 0 Å². The van der Waals surface area contributed by atoms with E-state index in [1.54, 1.807) is 18.2 Å². The molecule has 1 saturated carbocycles. The number of anilines is 1. The van der Waals surface area contributed by atoms with E-state index in [4.69, 9.17) is 0 Å². The number of amides is 4. The van der Waals surface area contributed by atoms with E-state index in [0.29, 0.717) is 12.1 Å². The van der Waals surface area contributed by atoms with Crippen molar-refractivity contribution in [3.8, 4) is 0 Å². The lowest BCUT2D eigenvalue weighted by molar-refractivity contribution is 0.0813. The van der Waals surface area contributed by atoms with Crippen LogP contribution in [-0.4, -0.2) is 40.8 Å². The molecule has 2 aromatic rings. The molecule has 0 radical (unpaired) electrons. The molecule has 1 fully saturated rings. The SMILES string of the molecule is O=C(NCCCC1CC1)c1ccc(N2C=CCN(C(=O)c3ccccc3F)C2=O)nc1. The third-order valence-electron chi connectivity index (χ3n) is 5.36. The third kappa shape index (κ3) is 4.79. The van der Waals surface area contributed by atoms with Crippen molar-refractivity contribution >= 4 is 23.7 Å². The molecule has 1 aromatic heterocycles. The highest BCUT2D eigenvalue weighted by Crippen LogP contribution is 2.33. The van der Waals surface area contributed by atoms with Crippen molar-refractivity contribution < 1.29 is 18.8 Å². The maximum Gasteiger partial charge on any atom is 0.337 e. The summed E-state index contributed by atoms with van der Waals surface area (Å²) in [7, 11) is 0. The summed E-state index contributed by atoms with van der Waals surface area (Å²) in [4.78, 5) is 44.1. The van der Waals surface area contributed by atoms with E-state index in [1.807, 2.05) is 0 Å². The predicted molar refractivity (Wildman–Crippen MR) is 113 cm³/mol. The summed E-state index contributed by atoms with van der Waals surface area (Å²) in [6.07, 6.45) is 9.21. The summed E-state index contributed by atoms with van der Waals surface area (Å²) < 4.78 is 14.0. The second-order valence-corrected chi connectivity index (χ2v) is 7.68. The lowest BCUT2D eigenvalue weighted by Gasteiger charge is -2.29. The van der Waals surface area contributed by atoms with Gasteiger partial charge in [0, 0.05) is 18.9 Å². The zero-order chi connectivity index (χ0) is 21.8. The van der Waals surface area contributed by atoms with Gasteiger partial charge in [-0.1, -0.05) is 25.0 Å². The van der Waals surface area contributed by atoms with Crippen LogP contribution in [0.25, 0.3) is 0 Å². The van der Waals surface area contributed by atoms with Crippen LogP contribution in [0.1, 0.15) is 46.4 Å². The lowest BCUT2D eigenvalue weighted by Crippen LogP contribution is -2.47. The van der Waals surface area contributed by atoms with Crippen molar-refractivity contribution in [2.45, 2.75) is 25.7 Å². The minimum atomic E-state index is -0.723. The fourth-order valence-electron chi connectivity index (χ4n) is 3.42. The van der Waals surface area contributed by atoms with Crippen LogP contribution in [0, 0.1) is 11.7 Å². The molecule has 0 saturated heterocycles. The van der Waals surface area contributed by atoms with Crippen LogP contribution >= 0.6 is 0 Å². The maximum absolute atomic E-state index is 14.0. The number of aromatic nitrogens is 1. The molecule has 1 aliphatic carbocycles. The summed E-state index contributed by atoms with van der Waals surface area (Å²) in [5.74, 6) is -0.534. The number of nitrogens with zero attached hydrogens (tertiary/aromatic N) is 3. The van der Waals surface area contributed by atoms with E-state index >= 15 is 0 Å². The molecule has 0 atom stereocenters. The molecule has 1 N–H and O–H groups in total. The van der Waals surface area contributed by atoms with Gasteiger partial charge < -0.3 is 5.32 Å². The van der Waals surface area contributed by atoms with E-state index < -0.39 is 17.8 Å². The van der Waals surface area contributed by atoms with Crippen molar-refractivity contribution in [3.63, 3.8) is 0 Å². The minimum absolute atomic E-state index is 0.0316. The highest BCUT2D eigenvalue weighted by atomic mass is 19.1. The van der Waals surface area contributed by atoms with Gasteiger partial charge in [-0.3, -0.25) is 19.4 Å². The monoisotopic (exact) mass is 422 g/mol. The Labute approximate surface area is 179 Å². The standard InChI is InChI=1S/C23H23FN4O3/c24-19-7-2-1-6-18(19)22(30)28-14-4-13-27(23(28)31)20-11-10-17(15-26-20)21(29)25-12-3-5-16-8-9-16/h1-2,4,6-7,10-11,13,15-16H,3,5,8-9,12,14H2,(H,25,29). The number of imide groups is 1. The third-order valence-corrected chi connectivity index (χ3v) is 5.36. The van der Waals surface area contributed by atoms with Gasteiger partial charge in [-0.2, -0.15) is 0 Å². The Morgan fingerprint density at radius 1 is 1.16 bits per heavy atom. The van der Waals surface area contributed by atoms with Crippen molar-refractivity contribution in [3.05, 3.63) is 71.8 Å². The van der Waals surface area contributed by atoms with Gasteiger partial charge in [-0.25, -0.2) is 14.2 Å². The Hall–Kier alpha value is -3.55. The van der Waals surface area contributed by atoms with Crippen LogP contribution < -0.4 is 10.2 Å². The summed E-state index contributed by atoms with van der Waals surface area (Å²) in [6, 6.07) is 8.01. The quantitative estimate of drug-likeness (QED) is 0.689. The van der Waals surface area contributed by atoms with Crippen molar-refractivity contribution in [2.75, 3.05) is 18.0 Å². The first-order chi connectivity index (χ1) is 15.0. The van der Waals surface area contributed by atoms with Crippen LogP contribution in [-0.2, 0) is 0 Å². The number of nitrogens with one attached hydrogen (secondary N) is 1. The van der Waals surface area contributed by atoms with Crippen LogP contribution in [0.2, 0.25) is 0 Å². The van der Waals surface area contributed by atoms with E-state index in [2.05, 4.69) is 10.3 Å². The Balaban J connectivity index is 1.40. The predicted octanol–water partition coefficient (Wildman–Crippen LogP) is 3.74. The number of halogens is 1. The van der Waals surface area contributed by atoms with E-state index in [0.717, 1.165) is 23.7 Å². The van der Waals surface area contributed by atoms with Gasteiger partial charge in [0.1, 0.15) is 11.6 Å². The Kier molecular flexibility index (Phi) is 6.06. The number of hydrogen-bond donors (Lipinski definition) is 1. The van der Waals surface area contributed by atoms with Gasteiger partial charge in [0.15, 0.2) is 0 Å². The number of rotatable bonds is 7. The molecule has 7 nitrogen and oxygen atoms in total. The first-order valence-electron chi connectivity index (χ1n) is 10.3. The highest BCUT2D eigenvalue weighted by molar-refractivity contribution is 6.10. The maximum atomic E-state index is 14.0. The van der Waals surface area contributed by atoms with Crippen LogP contribution in [0.4, 0.5) is 15.0 Å². The van der Waals surface area contributed by atoms with Gasteiger partial charge in [-0.05, 0) is 49.1 Å². The average molecular weight is 422 g/mol.